The Labute approximate surface area is 54.4 Å². The summed E-state index contributed by atoms with van der Waals surface area (Å²) in [7, 11) is 1.57. The van der Waals surface area contributed by atoms with Crippen LogP contribution in [0.15, 0.2) is 10.8 Å². The maximum absolute atomic E-state index is 10.4. The van der Waals surface area contributed by atoms with E-state index in [0.717, 1.165) is 0 Å². The summed E-state index contributed by atoms with van der Waals surface area (Å²) in [6, 6.07) is 0. The average Bonchev–Trinajstić information content (AvgIpc) is 1.85. The Kier molecular flexibility index (Phi) is 1.21. The highest BCUT2D eigenvalue weighted by molar-refractivity contribution is 9.10. The van der Waals surface area contributed by atoms with E-state index < -0.39 is 0 Å². The van der Waals surface area contributed by atoms with Crippen molar-refractivity contribution < 1.29 is 4.85 Å². The topological polar surface area (TPSA) is 44.8 Å². The number of hydrogen-bond acceptors (Lipinski definition) is 2. The Morgan fingerprint density at radius 1 is 2.00 bits per heavy atom. The Morgan fingerprint density at radius 3 is 2.75 bits per heavy atom. The van der Waals surface area contributed by atoms with Crippen molar-refractivity contribution in [1.29, 1.82) is 0 Å². The molecule has 0 aliphatic rings. The van der Waals surface area contributed by atoms with E-state index in [1.54, 1.807) is 7.05 Å². The largest absolute Gasteiger partial charge is 0.693 e. The number of rotatable bonds is 0. The minimum Gasteiger partial charge on any atom is -0.693 e. The SMILES string of the molecule is Cn1nc(Br)c[n+]1[O-]. The van der Waals surface area contributed by atoms with Gasteiger partial charge in [-0.3, -0.25) is 0 Å². The van der Waals surface area contributed by atoms with Gasteiger partial charge in [-0.1, -0.05) is 0 Å². The van der Waals surface area contributed by atoms with Gasteiger partial charge in [0.05, 0.1) is 12.1 Å². The molecule has 0 spiro atoms. The lowest BCUT2D eigenvalue weighted by Crippen LogP contribution is -2.34. The lowest BCUT2D eigenvalue weighted by molar-refractivity contribution is -0.696. The molecule has 1 rings (SSSR count). The van der Waals surface area contributed by atoms with Gasteiger partial charge in [0.1, 0.15) is 0 Å². The van der Waals surface area contributed by atoms with Crippen LogP contribution in [0, 0.1) is 5.21 Å². The summed E-state index contributed by atoms with van der Waals surface area (Å²) in [5.41, 5.74) is 0. The summed E-state index contributed by atoms with van der Waals surface area (Å²) in [5.74, 6) is 0. The molecule has 0 unspecified atom stereocenters. The van der Waals surface area contributed by atoms with Crippen LogP contribution in [0.3, 0.4) is 0 Å². The van der Waals surface area contributed by atoms with Crippen LogP contribution in [0.1, 0.15) is 0 Å². The van der Waals surface area contributed by atoms with Crippen molar-refractivity contribution in [2.75, 3.05) is 0 Å². The average molecular weight is 178 g/mol. The Hall–Kier alpha value is -0.580. The first-order valence-electron chi connectivity index (χ1n) is 1.99. The fourth-order valence-electron chi connectivity index (χ4n) is 0.383. The van der Waals surface area contributed by atoms with Crippen molar-refractivity contribution in [2.45, 2.75) is 0 Å². The van der Waals surface area contributed by atoms with E-state index in [-0.39, 0.29) is 0 Å². The van der Waals surface area contributed by atoms with Gasteiger partial charge in [-0.05, 0) is 4.80 Å². The van der Waals surface area contributed by atoms with Crippen molar-refractivity contribution in [3.63, 3.8) is 0 Å². The highest BCUT2D eigenvalue weighted by Crippen LogP contribution is 1.97. The molecular formula is C3H4BrN3O. The lowest BCUT2D eigenvalue weighted by atomic mass is 11.0. The zero-order valence-electron chi connectivity index (χ0n) is 4.21. The van der Waals surface area contributed by atoms with E-state index in [1.807, 2.05) is 0 Å². The van der Waals surface area contributed by atoms with Gasteiger partial charge in [-0.2, -0.15) is 4.85 Å². The van der Waals surface area contributed by atoms with Gasteiger partial charge in [0.15, 0.2) is 6.20 Å². The smallest absolute Gasteiger partial charge is 0.284 e. The van der Waals surface area contributed by atoms with Crippen molar-refractivity contribution in [3.05, 3.63) is 16.0 Å². The van der Waals surface area contributed by atoms with Gasteiger partial charge >= 0.3 is 0 Å². The fourth-order valence-corrected chi connectivity index (χ4v) is 0.788. The van der Waals surface area contributed by atoms with Crippen LogP contribution >= 0.6 is 15.9 Å². The number of aryl methyl sites for hydroxylation is 1. The maximum Gasteiger partial charge on any atom is 0.284 e. The second kappa shape index (κ2) is 1.74. The monoisotopic (exact) mass is 177 g/mol. The van der Waals surface area contributed by atoms with Gasteiger partial charge in [0.25, 0.3) is 4.60 Å². The van der Waals surface area contributed by atoms with Crippen LogP contribution in [0.25, 0.3) is 0 Å². The van der Waals surface area contributed by atoms with Crippen LogP contribution in [0.2, 0.25) is 0 Å². The minimum atomic E-state index is 0.551. The second-order valence-corrected chi connectivity index (χ2v) is 2.16. The number of aromatic nitrogens is 3. The molecule has 0 aliphatic heterocycles. The summed E-state index contributed by atoms with van der Waals surface area (Å²) in [5, 5.41) is 14.1. The zero-order valence-corrected chi connectivity index (χ0v) is 5.79. The molecule has 0 saturated heterocycles. The number of halogens is 1. The van der Waals surface area contributed by atoms with Crippen LogP contribution in [0.4, 0.5) is 0 Å². The Balaban J connectivity index is 3.14. The quantitative estimate of drug-likeness (QED) is 0.408. The molecule has 0 radical (unpaired) electrons. The molecule has 44 valence electrons. The van der Waals surface area contributed by atoms with Crippen LogP contribution < -0.4 is 4.85 Å². The van der Waals surface area contributed by atoms with Crippen molar-refractivity contribution in [1.82, 2.24) is 9.90 Å². The third-order valence-corrected chi connectivity index (χ3v) is 1.11. The normalized spacial score (nSPS) is 9.75. The molecule has 1 heterocycles. The molecule has 0 bridgehead atoms. The molecule has 5 heteroatoms. The zero-order chi connectivity index (χ0) is 6.15. The molecule has 1 aromatic heterocycles. The maximum atomic E-state index is 10.4. The summed E-state index contributed by atoms with van der Waals surface area (Å²) < 4.78 is 0.551. The van der Waals surface area contributed by atoms with Gasteiger partial charge in [-0.15, -0.1) is 0 Å². The van der Waals surface area contributed by atoms with E-state index in [1.165, 1.54) is 11.0 Å². The molecule has 4 nitrogen and oxygen atoms in total. The summed E-state index contributed by atoms with van der Waals surface area (Å²) in [6.07, 6.45) is 1.33. The summed E-state index contributed by atoms with van der Waals surface area (Å²) in [4.78, 5) is 1.81. The Bertz CT molecular complexity index is 177. The van der Waals surface area contributed by atoms with Crippen LogP contribution in [-0.2, 0) is 7.05 Å². The van der Waals surface area contributed by atoms with Crippen LogP contribution in [0.5, 0.6) is 0 Å². The first-order valence-corrected chi connectivity index (χ1v) is 2.78. The van der Waals surface area contributed by atoms with Crippen molar-refractivity contribution in [3.8, 4) is 0 Å². The van der Waals surface area contributed by atoms with Gasteiger partial charge in [0, 0.05) is 15.9 Å². The summed E-state index contributed by atoms with van der Waals surface area (Å²) in [6.45, 7) is 0. The molecule has 1 aromatic rings. The molecule has 0 fully saturated rings. The van der Waals surface area contributed by atoms with E-state index in [0.29, 0.717) is 9.45 Å². The van der Waals surface area contributed by atoms with Crippen molar-refractivity contribution in [2.24, 2.45) is 7.05 Å². The minimum absolute atomic E-state index is 0.551. The number of hydrogen-bond donors (Lipinski definition) is 0. The molecule has 0 saturated carbocycles. The van der Waals surface area contributed by atoms with E-state index in [9.17, 15) is 5.21 Å². The molecular weight excluding hydrogens is 174 g/mol. The van der Waals surface area contributed by atoms with E-state index in [4.69, 9.17) is 0 Å². The van der Waals surface area contributed by atoms with Gasteiger partial charge < -0.3 is 5.21 Å². The second-order valence-electron chi connectivity index (χ2n) is 1.34. The highest BCUT2D eigenvalue weighted by Gasteiger charge is 2.01. The van der Waals surface area contributed by atoms with Crippen LogP contribution in [-0.4, -0.2) is 9.90 Å². The third kappa shape index (κ3) is 0.812. The molecule has 0 N–H and O–H groups in total. The molecule has 8 heavy (non-hydrogen) atoms. The lowest BCUT2D eigenvalue weighted by Gasteiger charge is -1.92. The highest BCUT2D eigenvalue weighted by atomic mass is 79.9. The molecule has 0 atom stereocenters. The van der Waals surface area contributed by atoms with Crippen molar-refractivity contribution >= 4 is 15.9 Å². The predicted molar refractivity (Wildman–Crippen MR) is 29.9 cm³/mol. The molecule has 0 aliphatic carbocycles. The van der Waals surface area contributed by atoms with Gasteiger partial charge in [0.2, 0.25) is 0 Å². The first kappa shape index (κ1) is 5.55. The summed E-state index contributed by atoms with van der Waals surface area (Å²) >= 11 is 3.03. The first-order chi connectivity index (χ1) is 3.70. The standard InChI is InChI=1S/C3H4BrN3O/c1-6-5-3(4)2-7(6)8/h2H,1H3. The Morgan fingerprint density at radius 2 is 2.62 bits per heavy atom. The predicted octanol–water partition coefficient (Wildman–Crippen LogP) is -0.184. The fraction of sp³-hybridized carbons (Fsp3) is 0.333. The number of nitrogens with zero attached hydrogens (tertiary/aromatic N) is 3. The van der Waals surface area contributed by atoms with Gasteiger partial charge in [-0.25, -0.2) is 0 Å². The third-order valence-electron chi connectivity index (χ3n) is 0.742. The van der Waals surface area contributed by atoms with E-state index in [2.05, 4.69) is 21.0 Å². The van der Waals surface area contributed by atoms with E-state index >= 15 is 0 Å². The molecule has 0 amide bonds. The molecule has 0 aromatic carbocycles.